The minimum Gasteiger partial charge on any atom is -0.457 e. The molecule has 0 aliphatic rings. The largest absolute Gasteiger partial charge is 0.457 e. The predicted octanol–water partition coefficient (Wildman–Crippen LogP) is 4.28. The first-order valence-electron chi connectivity index (χ1n) is 6.02. The number of para-hydroxylation sites is 1. The van der Waals surface area contributed by atoms with Gasteiger partial charge < -0.3 is 9.30 Å². The molecule has 0 saturated heterocycles. The van der Waals surface area contributed by atoms with E-state index in [0.717, 1.165) is 11.5 Å². The Balaban J connectivity index is 2.01. The van der Waals surface area contributed by atoms with Gasteiger partial charge in [-0.3, -0.25) is 0 Å². The van der Waals surface area contributed by atoms with Gasteiger partial charge in [0.25, 0.3) is 0 Å². The lowest BCUT2D eigenvalue weighted by Crippen LogP contribution is -1.85. The highest BCUT2D eigenvalue weighted by Crippen LogP contribution is 2.27. The number of nitrogens with zero attached hydrogens (tertiary/aromatic N) is 1. The third-order valence-corrected chi connectivity index (χ3v) is 3.14. The molecule has 0 N–H and O–H groups in total. The number of fused-ring (bicyclic) bond motifs is 1. The zero-order valence-electron chi connectivity index (χ0n) is 10.6. The number of aromatic nitrogens is 1. The minimum atomic E-state index is 0.866. The molecule has 90 valence electrons. The first-order chi connectivity index (χ1) is 8.74. The van der Waals surface area contributed by atoms with Crippen molar-refractivity contribution in [1.82, 2.24) is 4.57 Å². The van der Waals surface area contributed by atoms with Crippen molar-refractivity contribution in [2.75, 3.05) is 0 Å². The molecule has 0 bridgehead atoms. The molecule has 2 heteroatoms. The monoisotopic (exact) mass is 237 g/mol. The second kappa shape index (κ2) is 4.22. The van der Waals surface area contributed by atoms with Crippen LogP contribution in [0.2, 0.25) is 0 Å². The summed E-state index contributed by atoms with van der Waals surface area (Å²) in [5, 5.41) is 1.24. The van der Waals surface area contributed by atoms with Crippen molar-refractivity contribution in [2.45, 2.75) is 6.92 Å². The van der Waals surface area contributed by atoms with Gasteiger partial charge in [-0.15, -0.1) is 0 Å². The fourth-order valence-corrected chi connectivity index (χ4v) is 2.26. The fraction of sp³-hybridized carbons (Fsp3) is 0.125. The van der Waals surface area contributed by atoms with Crippen molar-refractivity contribution in [3.05, 3.63) is 60.3 Å². The van der Waals surface area contributed by atoms with E-state index in [4.69, 9.17) is 4.74 Å². The summed E-state index contributed by atoms with van der Waals surface area (Å²) >= 11 is 0. The lowest BCUT2D eigenvalue weighted by atomic mass is 10.2. The van der Waals surface area contributed by atoms with Crippen molar-refractivity contribution < 1.29 is 4.74 Å². The third kappa shape index (κ3) is 1.86. The highest BCUT2D eigenvalue weighted by atomic mass is 16.5. The number of rotatable bonds is 2. The Morgan fingerprint density at radius 1 is 0.944 bits per heavy atom. The zero-order valence-corrected chi connectivity index (χ0v) is 10.6. The number of aryl methyl sites for hydroxylation is 2. The van der Waals surface area contributed by atoms with Gasteiger partial charge in [-0.1, -0.05) is 18.2 Å². The molecule has 1 heterocycles. The lowest BCUT2D eigenvalue weighted by Gasteiger charge is -2.06. The molecule has 1 aromatic heterocycles. The number of ether oxygens (including phenoxy) is 1. The van der Waals surface area contributed by atoms with Crippen molar-refractivity contribution in [3.8, 4) is 11.5 Å². The normalized spacial score (nSPS) is 10.8. The standard InChI is InChI=1S/C16H15NO/c1-12-11-17(2)16-9-8-14(10-15(12)16)18-13-6-4-3-5-7-13/h3-11H,1-2H3. The second-order valence-electron chi connectivity index (χ2n) is 4.52. The Morgan fingerprint density at radius 2 is 1.72 bits per heavy atom. The molecule has 0 spiro atoms. The summed E-state index contributed by atoms with van der Waals surface area (Å²) in [5.41, 5.74) is 2.50. The first-order valence-corrected chi connectivity index (χ1v) is 6.02. The van der Waals surface area contributed by atoms with E-state index >= 15 is 0 Å². The average molecular weight is 237 g/mol. The van der Waals surface area contributed by atoms with Crippen LogP contribution in [0.3, 0.4) is 0 Å². The third-order valence-electron chi connectivity index (χ3n) is 3.14. The molecule has 2 aromatic carbocycles. The van der Waals surface area contributed by atoms with Crippen molar-refractivity contribution in [2.24, 2.45) is 7.05 Å². The number of benzene rings is 2. The van der Waals surface area contributed by atoms with E-state index in [2.05, 4.69) is 36.9 Å². The van der Waals surface area contributed by atoms with Crippen LogP contribution in [-0.4, -0.2) is 4.57 Å². The summed E-state index contributed by atoms with van der Waals surface area (Å²) in [4.78, 5) is 0. The fourth-order valence-electron chi connectivity index (χ4n) is 2.26. The van der Waals surface area contributed by atoms with E-state index in [1.807, 2.05) is 36.4 Å². The molecule has 3 aromatic rings. The Kier molecular flexibility index (Phi) is 2.56. The molecule has 0 aliphatic heterocycles. The van der Waals surface area contributed by atoms with Crippen LogP contribution in [0.15, 0.2) is 54.7 Å². The van der Waals surface area contributed by atoms with E-state index in [1.165, 1.54) is 16.5 Å². The number of hydrogen-bond acceptors (Lipinski definition) is 1. The van der Waals surface area contributed by atoms with Gasteiger partial charge >= 0.3 is 0 Å². The molecule has 0 aliphatic carbocycles. The Bertz CT molecular complexity index is 683. The number of hydrogen-bond donors (Lipinski definition) is 0. The summed E-state index contributed by atoms with van der Waals surface area (Å²) in [6, 6.07) is 16.1. The molecule has 0 fully saturated rings. The van der Waals surface area contributed by atoms with Gasteiger partial charge in [-0.05, 0) is 42.8 Å². The quantitative estimate of drug-likeness (QED) is 0.649. The summed E-state index contributed by atoms with van der Waals surface area (Å²) in [6.07, 6.45) is 2.14. The van der Waals surface area contributed by atoms with Crippen LogP contribution in [0.1, 0.15) is 5.56 Å². The average Bonchev–Trinajstić information content (AvgIpc) is 2.66. The lowest BCUT2D eigenvalue weighted by molar-refractivity contribution is 0.483. The van der Waals surface area contributed by atoms with E-state index in [-0.39, 0.29) is 0 Å². The Hall–Kier alpha value is -2.22. The van der Waals surface area contributed by atoms with Crippen molar-refractivity contribution >= 4 is 10.9 Å². The summed E-state index contributed by atoms with van der Waals surface area (Å²) in [6.45, 7) is 2.12. The van der Waals surface area contributed by atoms with Gasteiger partial charge in [0.05, 0.1) is 0 Å². The smallest absolute Gasteiger partial charge is 0.128 e. The van der Waals surface area contributed by atoms with Crippen LogP contribution in [-0.2, 0) is 7.05 Å². The van der Waals surface area contributed by atoms with Crippen LogP contribution in [0.5, 0.6) is 11.5 Å². The van der Waals surface area contributed by atoms with Gasteiger partial charge in [0.2, 0.25) is 0 Å². The van der Waals surface area contributed by atoms with Crippen LogP contribution in [0, 0.1) is 6.92 Å². The second-order valence-corrected chi connectivity index (χ2v) is 4.52. The maximum atomic E-state index is 5.84. The highest BCUT2D eigenvalue weighted by molar-refractivity contribution is 5.85. The topological polar surface area (TPSA) is 14.2 Å². The van der Waals surface area contributed by atoms with Gasteiger partial charge in [-0.25, -0.2) is 0 Å². The molecule has 0 saturated carbocycles. The SMILES string of the molecule is Cc1cn(C)c2ccc(Oc3ccccc3)cc12. The van der Waals surface area contributed by atoms with Crippen LogP contribution < -0.4 is 4.74 Å². The maximum absolute atomic E-state index is 5.84. The summed E-state index contributed by atoms with van der Waals surface area (Å²) < 4.78 is 7.98. The maximum Gasteiger partial charge on any atom is 0.128 e. The van der Waals surface area contributed by atoms with Crippen molar-refractivity contribution in [3.63, 3.8) is 0 Å². The van der Waals surface area contributed by atoms with Gasteiger partial charge in [0.1, 0.15) is 11.5 Å². The summed E-state index contributed by atoms with van der Waals surface area (Å²) in [5.74, 6) is 1.74. The van der Waals surface area contributed by atoms with E-state index in [0.29, 0.717) is 0 Å². The zero-order chi connectivity index (χ0) is 12.5. The molecule has 18 heavy (non-hydrogen) atoms. The van der Waals surface area contributed by atoms with Crippen LogP contribution >= 0.6 is 0 Å². The van der Waals surface area contributed by atoms with Crippen molar-refractivity contribution in [1.29, 1.82) is 0 Å². The molecule has 0 radical (unpaired) electrons. The highest BCUT2D eigenvalue weighted by Gasteiger charge is 2.05. The predicted molar refractivity (Wildman–Crippen MR) is 74.2 cm³/mol. The molecule has 2 nitrogen and oxygen atoms in total. The molecule has 0 unspecified atom stereocenters. The molecule has 0 atom stereocenters. The van der Waals surface area contributed by atoms with E-state index in [1.54, 1.807) is 0 Å². The first kappa shape index (κ1) is 10.9. The van der Waals surface area contributed by atoms with Gasteiger partial charge in [0, 0.05) is 24.1 Å². The van der Waals surface area contributed by atoms with Crippen LogP contribution in [0.25, 0.3) is 10.9 Å². The van der Waals surface area contributed by atoms with Gasteiger partial charge in [0.15, 0.2) is 0 Å². The van der Waals surface area contributed by atoms with E-state index < -0.39 is 0 Å². The van der Waals surface area contributed by atoms with E-state index in [9.17, 15) is 0 Å². The molecular weight excluding hydrogens is 222 g/mol. The molecule has 0 amide bonds. The van der Waals surface area contributed by atoms with Gasteiger partial charge in [-0.2, -0.15) is 0 Å². The molecule has 3 rings (SSSR count). The Morgan fingerprint density at radius 3 is 2.50 bits per heavy atom. The van der Waals surface area contributed by atoms with Crippen LogP contribution in [0.4, 0.5) is 0 Å². The minimum absolute atomic E-state index is 0.866. The Labute approximate surface area is 106 Å². The molecular formula is C16H15NO. The summed E-state index contributed by atoms with van der Waals surface area (Å²) in [7, 11) is 2.06.